The number of carbonyl (C=O) groups excluding carboxylic acids is 1. The van der Waals surface area contributed by atoms with Gasteiger partial charge in [0.25, 0.3) is 5.91 Å². The lowest BCUT2D eigenvalue weighted by Crippen LogP contribution is -2.26. The SMILES string of the molecule is Cc1cccc(C(C)C)c1NC(=O)/C(C#N)=C\N1CCCc2ccccc21. The van der Waals surface area contributed by atoms with E-state index in [2.05, 4.69) is 31.3 Å². The van der Waals surface area contributed by atoms with E-state index in [1.54, 1.807) is 6.20 Å². The number of benzene rings is 2. The minimum Gasteiger partial charge on any atom is -0.346 e. The van der Waals surface area contributed by atoms with E-state index in [1.807, 2.05) is 48.2 Å². The molecule has 0 saturated carbocycles. The highest BCUT2D eigenvalue weighted by Gasteiger charge is 2.19. The largest absolute Gasteiger partial charge is 0.346 e. The van der Waals surface area contributed by atoms with Gasteiger partial charge in [-0.1, -0.05) is 50.2 Å². The van der Waals surface area contributed by atoms with Crippen molar-refractivity contribution >= 4 is 17.3 Å². The Morgan fingerprint density at radius 1 is 1.22 bits per heavy atom. The lowest BCUT2D eigenvalue weighted by Gasteiger charge is -2.28. The highest BCUT2D eigenvalue weighted by molar-refractivity contribution is 6.07. The molecule has 1 N–H and O–H groups in total. The van der Waals surface area contributed by atoms with Gasteiger partial charge in [0, 0.05) is 24.1 Å². The fourth-order valence-electron chi connectivity index (χ4n) is 3.51. The molecule has 0 fully saturated rings. The lowest BCUT2D eigenvalue weighted by molar-refractivity contribution is -0.112. The molecule has 0 atom stereocenters. The van der Waals surface area contributed by atoms with E-state index in [0.717, 1.165) is 41.9 Å². The average molecular weight is 359 g/mol. The van der Waals surface area contributed by atoms with E-state index >= 15 is 0 Å². The number of amides is 1. The normalized spacial score (nSPS) is 13.9. The number of hydrogen-bond donors (Lipinski definition) is 1. The molecule has 0 bridgehead atoms. The zero-order valence-corrected chi connectivity index (χ0v) is 16.1. The number of aryl methyl sites for hydroxylation is 2. The maximum atomic E-state index is 12.8. The third kappa shape index (κ3) is 4.03. The third-order valence-electron chi connectivity index (χ3n) is 4.96. The smallest absolute Gasteiger partial charge is 0.267 e. The van der Waals surface area contributed by atoms with Gasteiger partial charge in [-0.3, -0.25) is 4.79 Å². The van der Waals surface area contributed by atoms with Crippen molar-refractivity contribution < 1.29 is 4.79 Å². The molecule has 2 aromatic carbocycles. The second-order valence-electron chi connectivity index (χ2n) is 7.23. The minimum atomic E-state index is -0.364. The van der Waals surface area contributed by atoms with Crippen molar-refractivity contribution in [1.29, 1.82) is 5.26 Å². The quantitative estimate of drug-likeness (QED) is 0.623. The molecule has 1 amide bonds. The predicted molar refractivity (Wildman–Crippen MR) is 110 cm³/mol. The Bertz CT molecular complexity index is 921. The first-order valence-electron chi connectivity index (χ1n) is 9.38. The molecule has 4 heteroatoms. The van der Waals surface area contributed by atoms with Crippen LogP contribution in [0.3, 0.4) is 0 Å². The topological polar surface area (TPSA) is 56.1 Å². The van der Waals surface area contributed by atoms with Crippen molar-refractivity contribution in [2.75, 3.05) is 16.8 Å². The van der Waals surface area contributed by atoms with E-state index in [-0.39, 0.29) is 17.4 Å². The molecular weight excluding hydrogens is 334 g/mol. The van der Waals surface area contributed by atoms with Crippen LogP contribution in [0.5, 0.6) is 0 Å². The van der Waals surface area contributed by atoms with Gasteiger partial charge < -0.3 is 10.2 Å². The van der Waals surface area contributed by atoms with Crippen LogP contribution in [-0.4, -0.2) is 12.5 Å². The first kappa shape index (κ1) is 18.7. The summed E-state index contributed by atoms with van der Waals surface area (Å²) in [5, 5.41) is 12.6. The maximum Gasteiger partial charge on any atom is 0.267 e. The molecule has 0 unspecified atom stereocenters. The second kappa shape index (κ2) is 8.09. The van der Waals surface area contributed by atoms with Gasteiger partial charge in [-0.15, -0.1) is 0 Å². The summed E-state index contributed by atoms with van der Waals surface area (Å²) in [7, 11) is 0. The van der Waals surface area contributed by atoms with E-state index in [4.69, 9.17) is 0 Å². The van der Waals surface area contributed by atoms with Gasteiger partial charge in [-0.25, -0.2) is 0 Å². The number of nitrogens with zero attached hydrogens (tertiary/aromatic N) is 2. The summed E-state index contributed by atoms with van der Waals surface area (Å²) < 4.78 is 0. The monoisotopic (exact) mass is 359 g/mol. The molecule has 1 heterocycles. The molecule has 3 rings (SSSR count). The molecule has 2 aromatic rings. The number of rotatable bonds is 4. The van der Waals surface area contributed by atoms with Crippen molar-refractivity contribution in [3.8, 4) is 6.07 Å². The van der Waals surface area contributed by atoms with Gasteiger partial charge >= 0.3 is 0 Å². The van der Waals surface area contributed by atoms with Gasteiger partial charge in [-0.05, 0) is 48.4 Å². The molecule has 0 saturated heterocycles. The Morgan fingerprint density at radius 2 is 2.00 bits per heavy atom. The van der Waals surface area contributed by atoms with Crippen LogP contribution in [0.4, 0.5) is 11.4 Å². The maximum absolute atomic E-state index is 12.8. The third-order valence-corrected chi connectivity index (χ3v) is 4.96. The highest BCUT2D eigenvalue weighted by atomic mass is 16.1. The highest BCUT2D eigenvalue weighted by Crippen LogP contribution is 2.29. The van der Waals surface area contributed by atoms with Crippen molar-refractivity contribution in [2.45, 2.75) is 39.5 Å². The first-order chi connectivity index (χ1) is 13.0. The fourth-order valence-corrected chi connectivity index (χ4v) is 3.51. The summed E-state index contributed by atoms with van der Waals surface area (Å²) in [6.45, 7) is 6.96. The van der Waals surface area contributed by atoms with Crippen LogP contribution in [0.25, 0.3) is 0 Å². The van der Waals surface area contributed by atoms with Gasteiger partial charge in [0.05, 0.1) is 0 Å². The fraction of sp³-hybridized carbons (Fsp3) is 0.304. The van der Waals surface area contributed by atoms with Crippen LogP contribution in [0, 0.1) is 18.3 Å². The van der Waals surface area contributed by atoms with E-state index in [0.29, 0.717) is 0 Å². The van der Waals surface area contributed by atoms with Crippen molar-refractivity contribution in [3.63, 3.8) is 0 Å². The Balaban J connectivity index is 1.89. The number of para-hydroxylation sites is 2. The standard InChI is InChI=1S/C23H25N3O/c1-16(2)20-11-6-8-17(3)22(20)25-23(27)19(14-24)15-26-13-7-10-18-9-4-5-12-21(18)26/h4-6,8-9,11-12,15-16H,7,10,13H2,1-3H3,(H,25,27)/b19-15-. The van der Waals surface area contributed by atoms with Crippen molar-refractivity contribution in [1.82, 2.24) is 0 Å². The van der Waals surface area contributed by atoms with E-state index in [9.17, 15) is 10.1 Å². The zero-order chi connectivity index (χ0) is 19.4. The average Bonchev–Trinajstić information content (AvgIpc) is 2.67. The molecule has 0 radical (unpaired) electrons. The summed E-state index contributed by atoms with van der Waals surface area (Å²) in [6.07, 6.45) is 3.71. The van der Waals surface area contributed by atoms with Gasteiger partial charge in [0.1, 0.15) is 11.6 Å². The molecule has 0 aliphatic carbocycles. The van der Waals surface area contributed by atoms with Crippen LogP contribution in [0.15, 0.2) is 54.2 Å². The number of nitrogens with one attached hydrogen (secondary N) is 1. The Kier molecular flexibility index (Phi) is 5.61. The van der Waals surface area contributed by atoms with Crippen LogP contribution >= 0.6 is 0 Å². The summed E-state index contributed by atoms with van der Waals surface area (Å²) >= 11 is 0. The molecule has 0 spiro atoms. The number of fused-ring (bicyclic) bond motifs is 1. The lowest BCUT2D eigenvalue weighted by atomic mass is 9.98. The molecule has 1 aliphatic rings. The van der Waals surface area contributed by atoms with Crippen LogP contribution in [0.2, 0.25) is 0 Å². The van der Waals surface area contributed by atoms with Crippen molar-refractivity contribution in [2.24, 2.45) is 0 Å². The Hall–Kier alpha value is -3.06. The molecular formula is C23H25N3O. The summed E-state index contributed by atoms with van der Waals surface area (Å²) in [5.41, 5.74) is 5.31. The molecule has 138 valence electrons. The second-order valence-corrected chi connectivity index (χ2v) is 7.23. The first-order valence-corrected chi connectivity index (χ1v) is 9.38. The number of hydrogen-bond acceptors (Lipinski definition) is 3. The number of carbonyl (C=O) groups is 1. The van der Waals surface area contributed by atoms with Gasteiger partial charge in [0.15, 0.2) is 0 Å². The summed E-state index contributed by atoms with van der Waals surface area (Å²) in [4.78, 5) is 14.8. The summed E-state index contributed by atoms with van der Waals surface area (Å²) in [5.74, 6) is -0.0829. The molecule has 1 aliphatic heterocycles. The molecule has 27 heavy (non-hydrogen) atoms. The number of nitriles is 1. The van der Waals surface area contributed by atoms with Crippen molar-refractivity contribution in [3.05, 3.63) is 70.9 Å². The number of anilines is 2. The predicted octanol–water partition coefficient (Wildman–Crippen LogP) is 4.92. The zero-order valence-electron chi connectivity index (χ0n) is 16.1. The van der Waals surface area contributed by atoms with E-state index in [1.165, 1.54) is 5.56 Å². The van der Waals surface area contributed by atoms with Crippen LogP contribution in [-0.2, 0) is 11.2 Å². The van der Waals surface area contributed by atoms with Crippen LogP contribution in [0.1, 0.15) is 42.9 Å². The van der Waals surface area contributed by atoms with Crippen LogP contribution < -0.4 is 10.2 Å². The molecule has 0 aromatic heterocycles. The molecule has 4 nitrogen and oxygen atoms in total. The minimum absolute atomic E-state index is 0.115. The Morgan fingerprint density at radius 3 is 2.74 bits per heavy atom. The van der Waals surface area contributed by atoms with Gasteiger partial charge in [0.2, 0.25) is 0 Å². The Labute approximate surface area is 161 Å². The van der Waals surface area contributed by atoms with Gasteiger partial charge in [-0.2, -0.15) is 5.26 Å². The summed E-state index contributed by atoms with van der Waals surface area (Å²) in [6, 6.07) is 16.2. The van der Waals surface area contributed by atoms with E-state index < -0.39 is 0 Å².